The summed E-state index contributed by atoms with van der Waals surface area (Å²) in [5.74, 6) is 2.60. The van der Waals surface area contributed by atoms with Crippen LogP contribution in [-0.4, -0.2) is 21.1 Å². The summed E-state index contributed by atoms with van der Waals surface area (Å²) >= 11 is 0. The molecule has 0 atom stereocenters. The Morgan fingerprint density at radius 1 is 1.04 bits per heavy atom. The Bertz CT molecular complexity index is 1150. The highest BCUT2D eigenvalue weighted by Crippen LogP contribution is 2.36. The number of fused-ring (bicyclic) bond motifs is 1. The average molecular weight is 347 g/mol. The van der Waals surface area contributed by atoms with Crippen LogP contribution in [0.5, 0.6) is 5.75 Å². The van der Waals surface area contributed by atoms with E-state index < -0.39 is 0 Å². The molecular weight excluding hydrogens is 326 g/mol. The summed E-state index contributed by atoms with van der Waals surface area (Å²) in [4.78, 5) is 9.51. The van der Waals surface area contributed by atoms with Gasteiger partial charge in [-0.2, -0.15) is 0 Å². The van der Waals surface area contributed by atoms with Gasteiger partial charge in [0.1, 0.15) is 22.6 Å². The molecule has 1 aliphatic heterocycles. The minimum absolute atomic E-state index is 0.683. The number of aryl methyl sites for hydroxylation is 4. The van der Waals surface area contributed by atoms with Crippen molar-refractivity contribution in [3.63, 3.8) is 0 Å². The van der Waals surface area contributed by atoms with Crippen molar-refractivity contribution in [3.8, 4) is 17.1 Å². The Hall–Kier alpha value is -2.82. The molecule has 0 amide bonds. The maximum absolute atomic E-state index is 6.07. The highest BCUT2D eigenvalue weighted by Gasteiger charge is 2.21. The number of benzene rings is 2. The Labute approximate surface area is 151 Å². The van der Waals surface area contributed by atoms with Crippen LogP contribution >= 0.6 is 0 Å². The van der Waals surface area contributed by atoms with Crippen LogP contribution in [-0.2, 0) is 6.54 Å². The first-order chi connectivity index (χ1) is 12.6. The largest absolute Gasteiger partial charge is 0.491 e. The van der Waals surface area contributed by atoms with Gasteiger partial charge in [0.2, 0.25) is 0 Å². The van der Waals surface area contributed by atoms with Crippen LogP contribution in [0.1, 0.15) is 29.9 Å². The third-order valence-corrected chi connectivity index (χ3v) is 5.28. The molecule has 0 spiro atoms. The number of hydrogen-bond donors (Lipinski definition) is 0. The van der Waals surface area contributed by atoms with Gasteiger partial charge in [-0.05, 0) is 62.1 Å². The van der Waals surface area contributed by atoms with Crippen molar-refractivity contribution in [1.29, 1.82) is 0 Å². The molecule has 5 heteroatoms. The van der Waals surface area contributed by atoms with E-state index in [1.807, 2.05) is 13.0 Å². The van der Waals surface area contributed by atoms with Gasteiger partial charge in [0, 0.05) is 19.0 Å². The molecule has 0 saturated heterocycles. The summed E-state index contributed by atoms with van der Waals surface area (Å²) in [5.41, 5.74) is 7.32. The zero-order valence-electron chi connectivity index (χ0n) is 15.3. The molecule has 3 heterocycles. The molecule has 2 aromatic heterocycles. The molecule has 4 aromatic rings. The third kappa shape index (κ3) is 2.23. The smallest absolute Gasteiger partial charge is 0.192 e. The molecule has 5 rings (SSSR count). The molecule has 2 aromatic carbocycles. The third-order valence-electron chi connectivity index (χ3n) is 5.28. The Balaban J connectivity index is 1.81. The van der Waals surface area contributed by atoms with Crippen molar-refractivity contribution in [3.05, 3.63) is 41.3 Å². The highest BCUT2D eigenvalue weighted by atomic mass is 16.5. The van der Waals surface area contributed by atoms with E-state index in [4.69, 9.17) is 14.1 Å². The van der Waals surface area contributed by atoms with Crippen LogP contribution in [0.4, 0.5) is 0 Å². The molecule has 0 radical (unpaired) electrons. The fourth-order valence-electron chi connectivity index (χ4n) is 3.81. The minimum atomic E-state index is 0.683. The number of ether oxygens (including phenoxy) is 1. The lowest BCUT2D eigenvalue weighted by molar-refractivity contribution is 0.299. The van der Waals surface area contributed by atoms with Crippen molar-refractivity contribution in [1.82, 2.24) is 14.5 Å². The van der Waals surface area contributed by atoms with Crippen LogP contribution in [0.25, 0.3) is 33.5 Å². The molecule has 132 valence electrons. The molecule has 0 saturated carbocycles. The van der Waals surface area contributed by atoms with Crippen LogP contribution in [0.2, 0.25) is 0 Å². The van der Waals surface area contributed by atoms with Gasteiger partial charge in [-0.3, -0.25) is 0 Å². The Morgan fingerprint density at radius 3 is 2.81 bits per heavy atom. The first-order valence-corrected chi connectivity index (χ1v) is 9.12. The molecular formula is C21H21N3O2. The van der Waals surface area contributed by atoms with Crippen molar-refractivity contribution in [2.75, 3.05) is 6.61 Å². The van der Waals surface area contributed by atoms with Crippen LogP contribution in [0.15, 0.2) is 28.7 Å². The van der Waals surface area contributed by atoms with E-state index in [1.165, 1.54) is 11.1 Å². The first kappa shape index (κ1) is 15.4. The number of imidazole rings is 1. The second kappa shape index (κ2) is 5.59. The maximum Gasteiger partial charge on any atom is 0.192 e. The zero-order valence-corrected chi connectivity index (χ0v) is 15.3. The predicted molar refractivity (Wildman–Crippen MR) is 102 cm³/mol. The number of nitrogens with zero attached hydrogens (tertiary/aromatic N) is 3. The van der Waals surface area contributed by atoms with Crippen molar-refractivity contribution < 1.29 is 9.15 Å². The van der Waals surface area contributed by atoms with Gasteiger partial charge in [0.05, 0.1) is 12.1 Å². The molecule has 26 heavy (non-hydrogen) atoms. The lowest BCUT2D eigenvalue weighted by Crippen LogP contribution is -2.09. The van der Waals surface area contributed by atoms with Crippen LogP contribution in [0, 0.1) is 20.8 Å². The van der Waals surface area contributed by atoms with Crippen LogP contribution < -0.4 is 4.74 Å². The van der Waals surface area contributed by atoms with Gasteiger partial charge in [0.25, 0.3) is 0 Å². The van der Waals surface area contributed by atoms with Crippen molar-refractivity contribution in [2.24, 2.45) is 0 Å². The fraction of sp³-hybridized carbons (Fsp3) is 0.333. The van der Waals surface area contributed by atoms with Crippen LogP contribution in [0.3, 0.4) is 0 Å². The van der Waals surface area contributed by atoms with Gasteiger partial charge in [-0.15, -0.1) is 0 Å². The lowest BCUT2D eigenvalue weighted by Gasteiger charge is -2.17. The van der Waals surface area contributed by atoms with Gasteiger partial charge in [-0.25, -0.2) is 9.97 Å². The minimum Gasteiger partial charge on any atom is -0.491 e. The summed E-state index contributed by atoms with van der Waals surface area (Å²) in [5, 5.41) is 0. The Kier molecular flexibility index (Phi) is 3.32. The lowest BCUT2D eigenvalue weighted by atomic mass is 10.1. The first-order valence-electron chi connectivity index (χ1n) is 9.12. The van der Waals surface area contributed by atoms with E-state index in [1.54, 1.807) is 0 Å². The molecule has 0 bridgehead atoms. The van der Waals surface area contributed by atoms with Crippen molar-refractivity contribution >= 4 is 22.1 Å². The van der Waals surface area contributed by atoms with E-state index in [2.05, 4.69) is 41.6 Å². The molecule has 0 unspecified atom stereocenters. The summed E-state index contributed by atoms with van der Waals surface area (Å²) in [6, 6.07) is 8.27. The second-order valence-electron chi connectivity index (χ2n) is 7.07. The summed E-state index contributed by atoms with van der Waals surface area (Å²) in [6.45, 7) is 7.84. The van der Waals surface area contributed by atoms with Gasteiger partial charge in [0.15, 0.2) is 11.5 Å². The summed E-state index contributed by atoms with van der Waals surface area (Å²) < 4.78 is 14.0. The molecule has 1 aliphatic rings. The number of oxazole rings is 1. The van der Waals surface area contributed by atoms with Gasteiger partial charge < -0.3 is 13.7 Å². The van der Waals surface area contributed by atoms with E-state index in [0.717, 1.165) is 65.3 Å². The molecule has 0 fully saturated rings. The molecule has 0 N–H and O–H groups in total. The highest BCUT2D eigenvalue weighted by molar-refractivity contribution is 5.90. The fourth-order valence-corrected chi connectivity index (χ4v) is 3.81. The van der Waals surface area contributed by atoms with E-state index in [-0.39, 0.29) is 0 Å². The number of aromatic nitrogens is 3. The van der Waals surface area contributed by atoms with E-state index in [0.29, 0.717) is 5.89 Å². The monoisotopic (exact) mass is 347 g/mol. The topological polar surface area (TPSA) is 53.1 Å². The quantitative estimate of drug-likeness (QED) is 0.489. The normalized spacial score (nSPS) is 14.4. The predicted octanol–water partition coefficient (Wildman–Crippen LogP) is 4.94. The molecule has 5 nitrogen and oxygen atoms in total. The van der Waals surface area contributed by atoms with E-state index >= 15 is 0 Å². The van der Waals surface area contributed by atoms with E-state index in [9.17, 15) is 0 Å². The van der Waals surface area contributed by atoms with Gasteiger partial charge >= 0.3 is 0 Å². The second-order valence-corrected chi connectivity index (χ2v) is 7.07. The Morgan fingerprint density at radius 2 is 1.92 bits per heavy atom. The van der Waals surface area contributed by atoms with Crippen molar-refractivity contribution in [2.45, 2.75) is 40.2 Å². The SMILES string of the molecule is Cc1nc2cc(-c3nc4c(C)c(C)cc5c4n3CCCCO5)ccc2o1. The zero-order chi connectivity index (χ0) is 17.8. The number of hydrogen-bond acceptors (Lipinski definition) is 4. The standard InChI is InChI=1S/C21H21N3O2/c1-12-10-18-20-19(13(12)2)23-21(24(20)8-4-5-9-25-18)15-6-7-17-16(11-15)22-14(3)26-17/h6-7,10-11H,4-5,8-9H2,1-3H3. The summed E-state index contributed by atoms with van der Waals surface area (Å²) in [7, 11) is 0. The average Bonchev–Trinajstić information content (AvgIpc) is 3.15. The van der Waals surface area contributed by atoms with Gasteiger partial charge in [-0.1, -0.05) is 0 Å². The summed E-state index contributed by atoms with van der Waals surface area (Å²) in [6.07, 6.45) is 2.13. The molecule has 0 aliphatic carbocycles. The number of rotatable bonds is 1. The maximum atomic E-state index is 6.07.